The Morgan fingerprint density at radius 1 is 1.50 bits per heavy atom. The first kappa shape index (κ1) is 17.7. The Kier molecular flexibility index (Phi) is 8.57. The number of likely N-dealkylation sites (N-methyl/N-ethyl adjacent to an activating group) is 1. The van der Waals surface area contributed by atoms with E-state index in [4.69, 9.17) is 10.5 Å². The maximum Gasteiger partial charge on any atom is 0.239 e. The predicted octanol–water partition coefficient (Wildman–Crippen LogP) is 1.67. The van der Waals surface area contributed by atoms with Crippen molar-refractivity contribution in [3.63, 3.8) is 0 Å². The van der Waals surface area contributed by atoms with Crippen molar-refractivity contribution in [2.75, 3.05) is 26.8 Å². The molecule has 0 aliphatic heterocycles. The van der Waals surface area contributed by atoms with Crippen molar-refractivity contribution < 1.29 is 9.53 Å². The molecule has 1 aliphatic rings. The summed E-state index contributed by atoms with van der Waals surface area (Å²) < 4.78 is 5.51. The normalized spacial score (nSPS) is 17.8. The number of hydrogen-bond donors (Lipinski definition) is 1. The molecular weight excluding hydrogens is 252 g/mol. The number of halogens is 1. The molecule has 1 fully saturated rings. The molecule has 108 valence electrons. The van der Waals surface area contributed by atoms with E-state index in [1.54, 1.807) is 11.9 Å². The van der Waals surface area contributed by atoms with Gasteiger partial charge in [0, 0.05) is 20.2 Å². The summed E-state index contributed by atoms with van der Waals surface area (Å²) in [7, 11) is 1.80. The molecule has 1 saturated carbocycles. The van der Waals surface area contributed by atoms with Crippen LogP contribution < -0.4 is 5.73 Å². The standard InChI is InChI=1S/C13H26N2O2.ClH/c1-4-10(2)12(14)13(16)15(3)7-8-17-9-11-5-6-11;/h10-12H,4-9,14H2,1-3H3;1H. The largest absolute Gasteiger partial charge is 0.379 e. The summed E-state index contributed by atoms with van der Waals surface area (Å²) in [4.78, 5) is 13.6. The molecule has 1 rings (SSSR count). The van der Waals surface area contributed by atoms with Crippen molar-refractivity contribution in [3.8, 4) is 0 Å². The van der Waals surface area contributed by atoms with E-state index in [0.29, 0.717) is 13.2 Å². The summed E-state index contributed by atoms with van der Waals surface area (Å²) in [5, 5.41) is 0. The number of hydrogen-bond acceptors (Lipinski definition) is 3. The van der Waals surface area contributed by atoms with Crippen molar-refractivity contribution >= 4 is 18.3 Å². The van der Waals surface area contributed by atoms with Crippen LogP contribution in [0.15, 0.2) is 0 Å². The molecule has 0 aromatic heterocycles. The van der Waals surface area contributed by atoms with Gasteiger partial charge in [-0.25, -0.2) is 0 Å². The van der Waals surface area contributed by atoms with Crippen LogP contribution in [0.5, 0.6) is 0 Å². The molecule has 0 radical (unpaired) electrons. The second kappa shape index (κ2) is 8.73. The first-order chi connectivity index (χ1) is 8.06. The molecule has 5 heteroatoms. The fraction of sp³-hybridized carbons (Fsp3) is 0.923. The summed E-state index contributed by atoms with van der Waals surface area (Å²) >= 11 is 0. The lowest BCUT2D eigenvalue weighted by Gasteiger charge is -2.24. The van der Waals surface area contributed by atoms with Gasteiger partial charge < -0.3 is 15.4 Å². The Bertz CT molecular complexity index is 247. The third kappa shape index (κ3) is 6.03. The second-order valence-electron chi connectivity index (χ2n) is 5.19. The van der Waals surface area contributed by atoms with Gasteiger partial charge in [0.15, 0.2) is 0 Å². The van der Waals surface area contributed by atoms with Crippen LogP contribution in [0.3, 0.4) is 0 Å². The molecule has 0 aromatic carbocycles. The summed E-state index contributed by atoms with van der Waals surface area (Å²) in [6.07, 6.45) is 3.53. The van der Waals surface area contributed by atoms with Gasteiger partial charge in [0.1, 0.15) is 0 Å². The van der Waals surface area contributed by atoms with E-state index in [1.165, 1.54) is 12.8 Å². The van der Waals surface area contributed by atoms with Gasteiger partial charge in [-0.15, -0.1) is 12.4 Å². The molecule has 2 N–H and O–H groups in total. The van der Waals surface area contributed by atoms with Crippen LogP contribution in [0.2, 0.25) is 0 Å². The Morgan fingerprint density at radius 3 is 2.61 bits per heavy atom. The fourth-order valence-corrected chi connectivity index (χ4v) is 1.60. The Morgan fingerprint density at radius 2 is 2.11 bits per heavy atom. The molecule has 4 nitrogen and oxygen atoms in total. The zero-order chi connectivity index (χ0) is 12.8. The first-order valence-corrected chi connectivity index (χ1v) is 6.64. The van der Waals surface area contributed by atoms with Crippen LogP contribution in [-0.4, -0.2) is 43.7 Å². The average Bonchev–Trinajstić information content (AvgIpc) is 3.15. The van der Waals surface area contributed by atoms with Crippen LogP contribution in [0.25, 0.3) is 0 Å². The van der Waals surface area contributed by atoms with Crippen molar-refractivity contribution in [2.24, 2.45) is 17.6 Å². The van der Waals surface area contributed by atoms with E-state index in [2.05, 4.69) is 6.92 Å². The molecule has 0 saturated heterocycles. The predicted molar refractivity (Wildman–Crippen MR) is 75.9 cm³/mol. The average molecular weight is 279 g/mol. The van der Waals surface area contributed by atoms with E-state index in [-0.39, 0.29) is 30.3 Å². The summed E-state index contributed by atoms with van der Waals surface area (Å²) in [5.74, 6) is 1.03. The molecule has 18 heavy (non-hydrogen) atoms. The SMILES string of the molecule is CCC(C)C(N)C(=O)N(C)CCOCC1CC1.Cl. The maximum absolute atomic E-state index is 11.9. The highest BCUT2D eigenvalue weighted by molar-refractivity contribution is 5.85. The van der Waals surface area contributed by atoms with Gasteiger partial charge in [-0.2, -0.15) is 0 Å². The van der Waals surface area contributed by atoms with E-state index < -0.39 is 0 Å². The third-order valence-electron chi connectivity index (χ3n) is 3.54. The zero-order valence-electron chi connectivity index (χ0n) is 11.7. The van der Waals surface area contributed by atoms with Gasteiger partial charge in [0.2, 0.25) is 5.91 Å². The quantitative estimate of drug-likeness (QED) is 0.687. The van der Waals surface area contributed by atoms with Crippen LogP contribution in [0.1, 0.15) is 33.1 Å². The minimum absolute atomic E-state index is 0. The van der Waals surface area contributed by atoms with E-state index in [9.17, 15) is 4.79 Å². The van der Waals surface area contributed by atoms with E-state index >= 15 is 0 Å². The highest BCUT2D eigenvalue weighted by atomic mass is 35.5. The van der Waals surface area contributed by atoms with Crippen molar-refractivity contribution in [1.29, 1.82) is 0 Å². The molecule has 0 bridgehead atoms. The molecule has 1 aliphatic carbocycles. The molecule has 0 aromatic rings. The lowest BCUT2D eigenvalue weighted by Crippen LogP contribution is -2.46. The smallest absolute Gasteiger partial charge is 0.239 e. The minimum atomic E-state index is -0.381. The van der Waals surface area contributed by atoms with E-state index in [0.717, 1.165) is 18.9 Å². The lowest BCUT2D eigenvalue weighted by molar-refractivity contribution is -0.133. The first-order valence-electron chi connectivity index (χ1n) is 6.64. The number of carbonyl (C=O) groups is 1. The summed E-state index contributed by atoms with van der Waals surface area (Å²) in [6, 6.07) is -0.381. The highest BCUT2D eigenvalue weighted by Gasteiger charge is 2.23. The molecule has 0 heterocycles. The van der Waals surface area contributed by atoms with Gasteiger partial charge in [0.05, 0.1) is 12.6 Å². The number of ether oxygens (including phenoxy) is 1. The lowest BCUT2D eigenvalue weighted by atomic mass is 9.99. The van der Waals surface area contributed by atoms with Gasteiger partial charge in [0.25, 0.3) is 0 Å². The highest BCUT2D eigenvalue weighted by Crippen LogP contribution is 2.28. The number of nitrogens with two attached hydrogens (primary N) is 1. The van der Waals surface area contributed by atoms with Crippen LogP contribution >= 0.6 is 12.4 Å². The monoisotopic (exact) mass is 278 g/mol. The van der Waals surface area contributed by atoms with Gasteiger partial charge in [-0.1, -0.05) is 20.3 Å². The molecular formula is C13H27ClN2O2. The third-order valence-corrected chi connectivity index (χ3v) is 3.54. The van der Waals surface area contributed by atoms with E-state index in [1.807, 2.05) is 6.92 Å². The van der Waals surface area contributed by atoms with Crippen molar-refractivity contribution in [3.05, 3.63) is 0 Å². The van der Waals surface area contributed by atoms with Crippen LogP contribution in [0.4, 0.5) is 0 Å². The minimum Gasteiger partial charge on any atom is -0.379 e. The molecule has 1 amide bonds. The summed E-state index contributed by atoms with van der Waals surface area (Å²) in [5.41, 5.74) is 5.90. The van der Waals surface area contributed by atoms with Gasteiger partial charge in [-0.05, 0) is 24.7 Å². The molecule has 2 unspecified atom stereocenters. The van der Waals surface area contributed by atoms with Gasteiger partial charge >= 0.3 is 0 Å². The Balaban J connectivity index is 0.00000289. The number of rotatable bonds is 8. The number of carbonyl (C=O) groups excluding carboxylic acids is 1. The zero-order valence-corrected chi connectivity index (χ0v) is 12.5. The molecule has 0 spiro atoms. The maximum atomic E-state index is 11.9. The Labute approximate surface area is 117 Å². The summed E-state index contributed by atoms with van der Waals surface area (Å²) in [6.45, 7) is 6.16. The molecule has 2 atom stereocenters. The van der Waals surface area contributed by atoms with Gasteiger partial charge in [-0.3, -0.25) is 4.79 Å². The number of nitrogens with zero attached hydrogens (tertiary/aromatic N) is 1. The Hall–Kier alpha value is -0.320. The second-order valence-corrected chi connectivity index (χ2v) is 5.19. The topological polar surface area (TPSA) is 55.6 Å². The van der Waals surface area contributed by atoms with Crippen LogP contribution in [-0.2, 0) is 9.53 Å². The van der Waals surface area contributed by atoms with Crippen molar-refractivity contribution in [2.45, 2.75) is 39.2 Å². The van der Waals surface area contributed by atoms with Crippen LogP contribution in [0, 0.1) is 11.8 Å². The van der Waals surface area contributed by atoms with Crippen molar-refractivity contribution in [1.82, 2.24) is 4.90 Å². The number of amides is 1. The fourth-order valence-electron chi connectivity index (χ4n) is 1.60.